The second-order valence-electron chi connectivity index (χ2n) is 5.16. The van der Waals surface area contributed by atoms with Crippen LogP contribution in [0.3, 0.4) is 0 Å². The molecule has 1 aromatic carbocycles. The van der Waals surface area contributed by atoms with Gasteiger partial charge >= 0.3 is 0 Å². The number of nitrogens with one attached hydrogen (secondary N) is 1. The number of rotatable bonds is 8. The molecule has 0 saturated carbocycles. The molecular weight excluding hydrogens is 248 g/mol. The summed E-state index contributed by atoms with van der Waals surface area (Å²) >= 11 is 0. The highest BCUT2D eigenvalue weighted by Crippen LogP contribution is 2.26. The third-order valence-corrected chi connectivity index (χ3v) is 3.36. The largest absolute Gasteiger partial charge is 0.459 e. The van der Waals surface area contributed by atoms with E-state index in [9.17, 15) is 0 Å². The van der Waals surface area contributed by atoms with E-state index >= 15 is 0 Å². The van der Waals surface area contributed by atoms with Crippen molar-refractivity contribution in [3.8, 4) is 0 Å². The standard InChI is InChI=1S/C17H24N2O/c1-4-10-18-12-17-15(13-19(3)11-5-2)14-8-6-7-9-16(14)20-17/h5-9,18H,2,4,10-13H2,1,3H3. The minimum absolute atomic E-state index is 0.791. The molecule has 0 fully saturated rings. The summed E-state index contributed by atoms with van der Waals surface area (Å²) < 4.78 is 6.01. The van der Waals surface area contributed by atoms with E-state index in [-0.39, 0.29) is 0 Å². The van der Waals surface area contributed by atoms with Crippen LogP contribution < -0.4 is 5.32 Å². The van der Waals surface area contributed by atoms with Crippen LogP contribution in [0.25, 0.3) is 11.0 Å². The van der Waals surface area contributed by atoms with E-state index in [4.69, 9.17) is 4.42 Å². The second kappa shape index (κ2) is 7.27. The summed E-state index contributed by atoms with van der Waals surface area (Å²) in [6, 6.07) is 8.26. The molecule has 2 rings (SSSR count). The van der Waals surface area contributed by atoms with Crippen molar-refractivity contribution < 1.29 is 4.42 Å². The van der Waals surface area contributed by atoms with Gasteiger partial charge in [0.15, 0.2) is 0 Å². The Morgan fingerprint density at radius 2 is 2.15 bits per heavy atom. The first-order valence-electron chi connectivity index (χ1n) is 7.25. The first-order valence-corrected chi connectivity index (χ1v) is 7.25. The lowest BCUT2D eigenvalue weighted by atomic mass is 10.1. The molecule has 0 spiro atoms. The number of hydrogen-bond acceptors (Lipinski definition) is 3. The maximum atomic E-state index is 6.01. The number of likely N-dealkylation sites (N-methyl/N-ethyl adjacent to an activating group) is 1. The zero-order chi connectivity index (χ0) is 14.4. The predicted molar refractivity (Wildman–Crippen MR) is 84.7 cm³/mol. The lowest BCUT2D eigenvalue weighted by molar-refractivity contribution is 0.358. The quantitative estimate of drug-likeness (QED) is 0.588. The molecule has 1 heterocycles. The van der Waals surface area contributed by atoms with Gasteiger partial charge in [-0.05, 0) is 26.1 Å². The zero-order valence-corrected chi connectivity index (χ0v) is 12.5. The average molecular weight is 272 g/mol. The van der Waals surface area contributed by atoms with Gasteiger partial charge in [0.05, 0.1) is 6.54 Å². The number of nitrogens with zero attached hydrogens (tertiary/aromatic N) is 1. The smallest absolute Gasteiger partial charge is 0.134 e. The first kappa shape index (κ1) is 14.8. The van der Waals surface area contributed by atoms with E-state index in [0.717, 1.165) is 43.9 Å². The summed E-state index contributed by atoms with van der Waals surface area (Å²) in [6.45, 7) is 9.53. The van der Waals surface area contributed by atoms with Crippen LogP contribution >= 0.6 is 0 Å². The van der Waals surface area contributed by atoms with Crippen LogP contribution in [0.1, 0.15) is 24.7 Å². The number of para-hydroxylation sites is 1. The van der Waals surface area contributed by atoms with Crippen molar-refractivity contribution in [3.05, 3.63) is 48.2 Å². The summed E-state index contributed by atoms with van der Waals surface area (Å²) in [5.41, 5.74) is 2.26. The van der Waals surface area contributed by atoms with Gasteiger partial charge in [0, 0.05) is 24.0 Å². The van der Waals surface area contributed by atoms with Crippen LogP contribution in [-0.4, -0.2) is 25.0 Å². The molecule has 0 atom stereocenters. The monoisotopic (exact) mass is 272 g/mol. The third-order valence-electron chi connectivity index (χ3n) is 3.36. The predicted octanol–water partition coefficient (Wildman–Crippen LogP) is 3.55. The average Bonchev–Trinajstić information content (AvgIpc) is 2.78. The zero-order valence-electron chi connectivity index (χ0n) is 12.5. The van der Waals surface area contributed by atoms with Crippen molar-refractivity contribution >= 4 is 11.0 Å². The van der Waals surface area contributed by atoms with Gasteiger partial charge in [-0.25, -0.2) is 0 Å². The number of furan rings is 1. The molecule has 0 aliphatic rings. The van der Waals surface area contributed by atoms with E-state index in [1.807, 2.05) is 18.2 Å². The summed E-state index contributed by atoms with van der Waals surface area (Å²) in [5, 5.41) is 4.64. The molecule has 20 heavy (non-hydrogen) atoms. The summed E-state index contributed by atoms with van der Waals surface area (Å²) in [7, 11) is 2.10. The van der Waals surface area contributed by atoms with Gasteiger partial charge in [-0.2, -0.15) is 0 Å². The van der Waals surface area contributed by atoms with Crippen LogP contribution in [0.15, 0.2) is 41.3 Å². The molecule has 0 amide bonds. The Balaban J connectivity index is 2.26. The van der Waals surface area contributed by atoms with Crippen LogP contribution in [-0.2, 0) is 13.1 Å². The Kier molecular flexibility index (Phi) is 5.39. The van der Waals surface area contributed by atoms with E-state index in [2.05, 4.69) is 42.9 Å². The Labute approximate surface area is 121 Å². The molecule has 2 aromatic rings. The number of hydrogen-bond donors (Lipinski definition) is 1. The van der Waals surface area contributed by atoms with E-state index in [1.54, 1.807) is 0 Å². The number of benzene rings is 1. The van der Waals surface area contributed by atoms with Crippen LogP contribution in [0.2, 0.25) is 0 Å². The summed E-state index contributed by atoms with van der Waals surface area (Å²) in [6.07, 6.45) is 3.06. The van der Waals surface area contributed by atoms with Crippen molar-refractivity contribution in [3.63, 3.8) is 0 Å². The fourth-order valence-electron chi connectivity index (χ4n) is 2.40. The van der Waals surface area contributed by atoms with E-state index in [1.165, 1.54) is 10.9 Å². The molecule has 0 unspecified atom stereocenters. The third kappa shape index (κ3) is 3.50. The summed E-state index contributed by atoms with van der Waals surface area (Å²) in [4.78, 5) is 2.24. The molecule has 3 nitrogen and oxygen atoms in total. The fourth-order valence-corrected chi connectivity index (χ4v) is 2.40. The molecule has 0 radical (unpaired) electrons. The molecule has 0 bridgehead atoms. The van der Waals surface area contributed by atoms with Crippen molar-refractivity contribution in [1.29, 1.82) is 0 Å². The van der Waals surface area contributed by atoms with Gasteiger partial charge in [0.2, 0.25) is 0 Å². The fraction of sp³-hybridized carbons (Fsp3) is 0.412. The highest BCUT2D eigenvalue weighted by molar-refractivity contribution is 5.82. The van der Waals surface area contributed by atoms with Gasteiger partial charge in [0.25, 0.3) is 0 Å². The lowest BCUT2D eigenvalue weighted by Gasteiger charge is -2.14. The maximum Gasteiger partial charge on any atom is 0.134 e. The lowest BCUT2D eigenvalue weighted by Crippen LogP contribution is -2.20. The van der Waals surface area contributed by atoms with Crippen molar-refractivity contribution in [2.75, 3.05) is 20.1 Å². The Hall–Kier alpha value is -1.58. The minimum Gasteiger partial charge on any atom is -0.459 e. The van der Waals surface area contributed by atoms with Crippen molar-refractivity contribution in [2.45, 2.75) is 26.4 Å². The van der Waals surface area contributed by atoms with Crippen molar-refractivity contribution in [1.82, 2.24) is 10.2 Å². The highest BCUT2D eigenvalue weighted by Gasteiger charge is 2.14. The van der Waals surface area contributed by atoms with Gasteiger partial charge in [-0.1, -0.05) is 31.2 Å². The van der Waals surface area contributed by atoms with Gasteiger partial charge < -0.3 is 9.73 Å². The van der Waals surface area contributed by atoms with Gasteiger partial charge in [-0.15, -0.1) is 6.58 Å². The Morgan fingerprint density at radius 3 is 2.90 bits per heavy atom. The molecule has 1 aromatic heterocycles. The molecule has 0 saturated heterocycles. The van der Waals surface area contributed by atoms with E-state index < -0.39 is 0 Å². The second-order valence-corrected chi connectivity index (χ2v) is 5.16. The van der Waals surface area contributed by atoms with Gasteiger partial charge in [-0.3, -0.25) is 4.90 Å². The topological polar surface area (TPSA) is 28.4 Å². The van der Waals surface area contributed by atoms with Crippen LogP contribution in [0.5, 0.6) is 0 Å². The first-order chi connectivity index (χ1) is 9.76. The van der Waals surface area contributed by atoms with Gasteiger partial charge in [0.1, 0.15) is 11.3 Å². The Morgan fingerprint density at radius 1 is 1.35 bits per heavy atom. The molecule has 0 aliphatic heterocycles. The maximum absolute atomic E-state index is 6.01. The highest BCUT2D eigenvalue weighted by atomic mass is 16.3. The van der Waals surface area contributed by atoms with E-state index in [0.29, 0.717) is 0 Å². The SMILES string of the molecule is C=CCN(C)Cc1c(CNCCC)oc2ccccc12. The molecular formula is C17H24N2O. The summed E-state index contributed by atoms with van der Waals surface area (Å²) in [5.74, 6) is 1.05. The normalized spacial score (nSPS) is 11.3. The minimum atomic E-state index is 0.791. The molecule has 108 valence electrons. The van der Waals surface area contributed by atoms with Crippen molar-refractivity contribution in [2.24, 2.45) is 0 Å². The molecule has 0 aliphatic carbocycles. The Bertz CT molecular complexity index is 559. The molecule has 1 N–H and O–H groups in total. The van der Waals surface area contributed by atoms with Crippen LogP contribution in [0.4, 0.5) is 0 Å². The molecule has 3 heteroatoms. The van der Waals surface area contributed by atoms with Crippen LogP contribution in [0, 0.1) is 0 Å². The number of fused-ring (bicyclic) bond motifs is 1.